The molecule has 14 nitrogen and oxygen atoms in total. The van der Waals surface area contributed by atoms with Gasteiger partial charge in [0.05, 0.1) is 31.5 Å². The largest absolute Gasteiger partial charge is 0.504 e. The van der Waals surface area contributed by atoms with Gasteiger partial charge in [-0.3, -0.25) is 0 Å². The van der Waals surface area contributed by atoms with Crippen LogP contribution in [0.25, 0.3) is 0 Å². The second kappa shape index (κ2) is 16.0. The highest BCUT2D eigenvalue weighted by Gasteiger charge is 2.31. The van der Waals surface area contributed by atoms with Crippen molar-refractivity contribution in [3.63, 3.8) is 0 Å². The molecular formula is C32H29ClF2N6O8S2. The molecule has 51 heavy (non-hydrogen) atoms. The van der Waals surface area contributed by atoms with Crippen molar-refractivity contribution in [2.24, 2.45) is 19.0 Å². The van der Waals surface area contributed by atoms with Gasteiger partial charge in [0, 0.05) is 25.2 Å². The molecular weight excluding hydrogens is 734 g/mol. The monoisotopic (exact) mass is 762 g/mol. The Morgan fingerprint density at radius 2 is 1.25 bits per heavy atom. The molecule has 0 saturated heterocycles. The number of phenols is 2. The number of benzene rings is 4. The zero-order valence-corrected chi connectivity index (χ0v) is 29.5. The van der Waals surface area contributed by atoms with Crippen LogP contribution in [0.1, 0.15) is 22.3 Å². The lowest BCUT2D eigenvalue weighted by molar-refractivity contribution is 0.373. The third kappa shape index (κ3) is 9.15. The van der Waals surface area contributed by atoms with E-state index in [0.29, 0.717) is 11.3 Å². The Bertz CT molecular complexity index is 2300. The van der Waals surface area contributed by atoms with Crippen molar-refractivity contribution in [3.8, 4) is 23.0 Å². The molecule has 268 valence electrons. The standard InChI is InChI=1S/C16H14FN3O4S.C9H12N2O2.C7H3ClFNO2S/c1-20(18-9-10-3-5-13(21)14(7-10)24-2)16-12-8-11(17)4-6-15(12)25(22,23)19-16;1-10-11-6-7-3-4-8(12)9(5-7)13-2;8-7-5-3-4(9)1-2-6(5)13(11,12)10-7/h3-9,21H,1-2H3;3-6,10,12H,1-2H3;1-3H/b18-9+;11-6+;. The maximum atomic E-state index is 13.5. The highest BCUT2D eigenvalue weighted by Crippen LogP contribution is 2.30. The predicted octanol–water partition coefficient (Wildman–Crippen LogP) is 4.42. The van der Waals surface area contributed by atoms with Crippen molar-refractivity contribution in [3.05, 3.63) is 107 Å². The first-order valence-electron chi connectivity index (χ1n) is 14.3. The normalized spacial score (nSPS) is 14.6. The number of ether oxygens (including phenoxy) is 2. The van der Waals surface area contributed by atoms with Crippen LogP contribution >= 0.6 is 11.6 Å². The fourth-order valence-corrected chi connectivity index (χ4v) is 7.11. The predicted molar refractivity (Wildman–Crippen MR) is 187 cm³/mol. The van der Waals surface area contributed by atoms with Gasteiger partial charge in [0.25, 0.3) is 20.0 Å². The number of rotatable bonds is 6. The van der Waals surface area contributed by atoms with E-state index in [1.54, 1.807) is 43.6 Å². The number of halogens is 3. The van der Waals surface area contributed by atoms with Gasteiger partial charge in [0.1, 0.15) is 16.5 Å². The first kappa shape index (κ1) is 38.2. The second-order valence-corrected chi connectivity index (χ2v) is 13.6. The summed E-state index contributed by atoms with van der Waals surface area (Å²) in [7, 11) is -1.40. The van der Waals surface area contributed by atoms with Gasteiger partial charge < -0.3 is 25.1 Å². The number of amidine groups is 1. The first-order chi connectivity index (χ1) is 24.1. The zero-order chi connectivity index (χ0) is 37.5. The van der Waals surface area contributed by atoms with Gasteiger partial charge in [-0.25, -0.2) is 13.8 Å². The summed E-state index contributed by atoms with van der Waals surface area (Å²) >= 11 is 5.50. The Kier molecular flexibility index (Phi) is 12.0. The van der Waals surface area contributed by atoms with E-state index < -0.39 is 31.7 Å². The number of fused-ring (bicyclic) bond motifs is 2. The topological polar surface area (TPSA) is 192 Å². The molecule has 0 amide bonds. The Labute approximate surface area is 296 Å². The number of nitrogens with zero attached hydrogens (tertiary/aromatic N) is 5. The van der Waals surface area contributed by atoms with E-state index in [2.05, 4.69) is 24.4 Å². The fourth-order valence-electron chi connectivity index (χ4n) is 4.34. The maximum absolute atomic E-state index is 13.5. The van der Waals surface area contributed by atoms with Crippen LogP contribution in [0.2, 0.25) is 0 Å². The summed E-state index contributed by atoms with van der Waals surface area (Å²) in [5.74, 6) is -0.238. The summed E-state index contributed by atoms with van der Waals surface area (Å²) in [5.41, 5.74) is 4.39. The molecule has 2 aliphatic rings. The molecule has 0 spiro atoms. The van der Waals surface area contributed by atoms with Gasteiger partial charge in [-0.1, -0.05) is 11.6 Å². The Balaban J connectivity index is 0.000000189. The molecule has 3 N–H and O–H groups in total. The van der Waals surface area contributed by atoms with Gasteiger partial charge in [-0.15, -0.1) is 8.80 Å². The van der Waals surface area contributed by atoms with Crippen LogP contribution in [-0.4, -0.2) is 83.8 Å². The van der Waals surface area contributed by atoms with Gasteiger partial charge >= 0.3 is 0 Å². The van der Waals surface area contributed by atoms with Crippen molar-refractivity contribution >= 4 is 55.1 Å². The minimum absolute atomic E-state index is 0.0105. The van der Waals surface area contributed by atoms with Crippen molar-refractivity contribution in [1.29, 1.82) is 0 Å². The van der Waals surface area contributed by atoms with Gasteiger partial charge in [0.2, 0.25) is 0 Å². The van der Waals surface area contributed by atoms with Crippen molar-refractivity contribution in [2.75, 3.05) is 28.3 Å². The minimum Gasteiger partial charge on any atom is -0.504 e. The molecule has 0 unspecified atom stereocenters. The highest BCUT2D eigenvalue weighted by molar-refractivity contribution is 7.91. The average molecular weight is 763 g/mol. The quantitative estimate of drug-likeness (QED) is 0.187. The number of methoxy groups -OCH3 is 2. The molecule has 0 fully saturated rings. The fraction of sp³-hybridized carbons (Fsp3) is 0.125. The number of phenolic OH excluding ortho intramolecular Hbond substituents is 2. The minimum atomic E-state index is -3.86. The van der Waals surface area contributed by atoms with Crippen molar-refractivity contribution in [2.45, 2.75) is 9.79 Å². The summed E-state index contributed by atoms with van der Waals surface area (Å²) in [5, 5.41) is 27.9. The van der Waals surface area contributed by atoms with Crippen LogP contribution in [0.15, 0.2) is 102 Å². The van der Waals surface area contributed by atoms with E-state index in [0.717, 1.165) is 35.9 Å². The second-order valence-electron chi connectivity index (χ2n) is 10.1. The number of hydrogen-bond donors (Lipinski definition) is 3. The van der Waals surface area contributed by atoms with Gasteiger partial charge in [-0.05, 0) is 83.9 Å². The molecule has 4 aromatic rings. The molecule has 0 aliphatic carbocycles. The number of sulfonamides is 2. The maximum Gasteiger partial charge on any atom is 0.285 e. The van der Waals surface area contributed by atoms with Crippen LogP contribution in [0.5, 0.6) is 23.0 Å². The number of aromatic hydroxyl groups is 2. The molecule has 0 radical (unpaired) electrons. The van der Waals surface area contributed by atoms with E-state index >= 15 is 0 Å². The summed E-state index contributed by atoms with van der Waals surface area (Å²) < 4.78 is 89.4. The third-order valence-electron chi connectivity index (χ3n) is 6.75. The molecule has 2 aliphatic heterocycles. The zero-order valence-electron chi connectivity index (χ0n) is 27.1. The summed E-state index contributed by atoms with van der Waals surface area (Å²) in [6, 6.07) is 16.2. The Hall–Kier alpha value is -5.59. The SMILES string of the molecule is CN/N=C/c1ccc(O)c(OC)c1.COc1cc(/C=N/N(C)C2=NS(=O)(=O)c3ccc(F)cc32)ccc1O.O=S1(=O)N=C(Cl)c2cc(F)ccc21. The summed E-state index contributed by atoms with van der Waals surface area (Å²) in [4.78, 5) is -0.101. The van der Waals surface area contributed by atoms with Gasteiger partial charge in [-0.2, -0.15) is 27.0 Å². The Morgan fingerprint density at radius 3 is 1.78 bits per heavy atom. The van der Waals surface area contributed by atoms with Crippen molar-refractivity contribution in [1.82, 2.24) is 10.4 Å². The number of hydrogen-bond acceptors (Lipinski definition) is 12. The molecule has 0 atom stereocenters. The van der Waals surface area contributed by atoms with E-state index in [4.69, 9.17) is 21.1 Å². The van der Waals surface area contributed by atoms with Crippen LogP contribution in [0.3, 0.4) is 0 Å². The van der Waals surface area contributed by atoms with Crippen molar-refractivity contribution < 1.29 is 45.3 Å². The molecule has 0 saturated carbocycles. The first-order valence-corrected chi connectivity index (χ1v) is 17.5. The van der Waals surface area contributed by atoms with E-state index in [9.17, 15) is 35.8 Å². The molecule has 2 heterocycles. The highest BCUT2D eigenvalue weighted by atomic mass is 35.5. The molecule has 0 aromatic heterocycles. The van der Waals surface area contributed by atoms with E-state index in [-0.39, 0.29) is 49.2 Å². The molecule has 4 aromatic carbocycles. The van der Waals surface area contributed by atoms with Crippen LogP contribution in [0, 0.1) is 11.6 Å². The van der Waals surface area contributed by atoms with E-state index in [1.807, 2.05) is 0 Å². The van der Waals surface area contributed by atoms with Gasteiger partial charge in [0.15, 0.2) is 34.0 Å². The lowest BCUT2D eigenvalue weighted by Gasteiger charge is -2.12. The Morgan fingerprint density at radius 1 is 0.765 bits per heavy atom. The lowest BCUT2D eigenvalue weighted by Crippen LogP contribution is -2.21. The van der Waals surface area contributed by atoms with Crippen LogP contribution in [0.4, 0.5) is 8.78 Å². The van der Waals surface area contributed by atoms with E-state index in [1.165, 1.54) is 44.6 Å². The van der Waals surface area contributed by atoms with Crippen LogP contribution in [-0.2, 0) is 20.0 Å². The lowest BCUT2D eigenvalue weighted by atomic mass is 10.2. The average Bonchev–Trinajstić information content (AvgIpc) is 3.49. The number of nitrogens with one attached hydrogen (secondary N) is 1. The summed E-state index contributed by atoms with van der Waals surface area (Å²) in [6.45, 7) is 0. The van der Waals surface area contributed by atoms with Crippen LogP contribution < -0.4 is 14.9 Å². The molecule has 19 heteroatoms. The summed E-state index contributed by atoms with van der Waals surface area (Å²) in [6.07, 6.45) is 3.08. The molecule has 0 bridgehead atoms. The molecule has 6 rings (SSSR count). The smallest absolute Gasteiger partial charge is 0.285 e. The number of hydrazone groups is 2. The third-order valence-corrected chi connectivity index (χ3v) is 9.79.